The van der Waals surface area contributed by atoms with Crippen molar-refractivity contribution >= 4 is 35.4 Å². The summed E-state index contributed by atoms with van der Waals surface area (Å²) in [6.07, 6.45) is 2.26. The highest BCUT2D eigenvalue weighted by atomic mass is 35.5. The first kappa shape index (κ1) is 36.7. The number of fused-ring (bicyclic) bond motifs is 5. The third-order valence-corrected chi connectivity index (χ3v) is 11.9. The van der Waals surface area contributed by atoms with Gasteiger partial charge in [0, 0.05) is 51.3 Å². The molecule has 0 aromatic heterocycles. The normalized spacial score (nSPS) is 25.1. The molecule has 2 N–H and O–H groups in total. The van der Waals surface area contributed by atoms with E-state index in [0.29, 0.717) is 44.8 Å². The number of benzene rings is 3. The predicted molar refractivity (Wildman–Crippen MR) is 194 cm³/mol. The van der Waals surface area contributed by atoms with Gasteiger partial charge in [-0.3, -0.25) is 4.79 Å². The van der Waals surface area contributed by atoms with Crippen LogP contribution in [-0.2, 0) is 21.4 Å². The van der Waals surface area contributed by atoms with E-state index in [0.717, 1.165) is 53.6 Å². The molecule has 8 rings (SSSR count). The first-order valence-electron chi connectivity index (χ1n) is 18.1. The molecule has 4 heterocycles. The van der Waals surface area contributed by atoms with Crippen LogP contribution in [0, 0.1) is 17.5 Å². The zero-order valence-corrected chi connectivity index (χ0v) is 30.0. The van der Waals surface area contributed by atoms with Gasteiger partial charge in [0.1, 0.15) is 5.82 Å². The number of piperidine rings is 1. The zero-order chi connectivity index (χ0) is 35.5. The number of carbonyl (C=O) groups excluding carboxylic acids is 1. The number of anilines is 3. The van der Waals surface area contributed by atoms with Crippen molar-refractivity contribution in [2.24, 2.45) is 0 Å². The van der Waals surface area contributed by atoms with Gasteiger partial charge in [-0.05, 0) is 103 Å². The molecule has 13 heteroatoms. The van der Waals surface area contributed by atoms with Gasteiger partial charge >= 0.3 is 0 Å². The highest BCUT2D eigenvalue weighted by Crippen LogP contribution is 2.53. The van der Waals surface area contributed by atoms with Gasteiger partial charge in [-0.25, -0.2) is 22.0 Å². The monoisotopic (exact) mass is 745 g/mol. The van der Waals surface area contributed by atoms with Crippen molar-refractivity contribution in [2.45, 2.75) is 74.0 Å². The highest BCUT2D eigenvalue weighted by Gasteiger charge is 2.48. The maximum atomic E-state index is 14.8. The van der Waals surface area contributed by atoms with Crippen LogP contribution in [0.5, 0.6) is 0 Å². The number of hydrogen-bond donors (Lipinski definition) is 2. The molecule has 4 atom stereocenters. The maximum Gasteiger partial charge on any atom is 0.267 e. The van der Waals surface area contributed by atoms with Crippen LogP contribution in [0.4, 0.5) is 39.0 Å². The Labute approximate surface area is 307 Å². The number of carbonyl (C=O) groups is 1. The fraction of sp³-hybridized carbons (Fsp3) is 0.513. The predicted octanol–water partition coefficient (Wildman–Crippen LogP) is 6.64. The number of alkyl halides is 2. The number of morpholine rings is 1. The first-order chi connectivity index (χ1) is 24.4. The lowest BCUT2D eigenvalue weighted by Gasteiger charge is -2.42. The maximum absolute atomic E-state index is 14.8. The van der Waals surface area contributed by atoms with Crippen LogP contribution in [0.3, 0.4) is 0 Å². The van der Waals surface area contributed by atoms with Gasteiger partial charge < -0.3 is 30.1 Å². The SMILES string of the molecule is CN1CCOC(C(Cc2ccc(F)c(F)c2)NC(=O)C[C@@H]2CC3(CCN(c4ccc5c(c4)N4CC(F)(F)C[C@H]4CN5)CC3)c3cc(F)ccc32)C1.Cl. The number of rotatable bonds is 7. The van der Waals surface area contributed by atoms with Gasteiger partial charge in [0.15, 0.2) is 11.6 Å². The van der Waals surface area contributed by atoms with Crippen LogP contribution in [-0.4, -0.2) is 87.8 Å². The molecule has 1 spiro atoms. The van der Waals surface area contributed by atoms with Gasteiger partial charge in [-0.2, -0.15) is 0 Å². The van der Waals surface area contributed by atoms with Crippen molar-refractivity contribution in [1.82, 2.24) is 10.2 Å². The quantitative estimate of drug-likeness (QED) is 0.265. The number of amides is 1. The lowest BCUT2D eigenvalue weighted by Crippen LogP contribution is -2.53. The summed E-state index contributed by atoms with van der Waals surface area (Å²) in [5.74, 6) is -5.14. The zero-order valence-electron chi connectivity index (χ0n) is 29.2. The van der Waals surface area contributed by atoms with Crippen LogP contribution in [0.1, 0.15) is 54.7 Å². The van der Waals surface area contributed by atoms with Gasteiger partial charge in [-0.15, -0.1) is 12.4 Å². The van der Waals surface area contributed by atoms with Crippen molar-refractivity contribution in [3.05, 3.63) is 88.7 Å². The Morgan fingerprint density at radius 3 is 2.58 bits per heavy atom. The Balaban J connectivity index is 0.00000420. The highest BCUT2D eigenvalue weighted by molar-refractivity contribution is 5.85. The van der Waals surface area contributed by atoms with Crippen molar-refractivity contribution in [1.29, 1.82) is 0 Å². The summed E-state index contributed by atoms with van der Waals surface area (Å²) in [4.78, 5) is 20.1. The second-order valence-corrected chi connectivity index (χ2v) is 15.3. The number of nitrogens with one attached hydrogen (secondary N) is 2. The van der Waals surface area contributed by atoms with Crippen LogP contribution in [0.2, 0.25) is 0 Å². The lowest BCUT2D eigenvalue weighted by molar-refractivity contribution is -0.124. The third kappa shape index (κ3) is 7.18. The number of likely N-dealkylation sites (N-methyl/N-ethyl adjacent to an activating group) is 1. The molecule has 2 unspecified atom stereocenters. The van der Waals surface area contributed by atoms with Crippen LogP contribution >= 0.6 is 12.4 Å². The number of halogens is 6. The molecule has 1 amide bonds. The van der Waals surface area contributed by atoms with E-state index in [9.17, 15) is 26.7 Å². The molecule has 0 radical (unpaired) electrons. The Kier molecular flexibility index (Phi) is 10.1. The second-order valence-electron chi connectivity index (χ2n) is 15.3. The van der Waals surface area contributed by atoms with Crippen molar-refractivity contribution in [3.63, 3.8) is 0 Å². The van der Waals surface area contributed by atoms with Crippen molar-refractivity contribution in [2.75, 3.05) is 68.0 Å². The molecule has 5 aliphatic rings. The summed E-state index contributed by atoms with van der Waals surface area (Å²) in [5.41, 5.74) is 4.90. The smallest absolute Gasteiger partial charge is 0.267 e. The van der Waals surface area contributed by atoms with E-state index in [4.69, 9.17) is 4.74 Å². The molecule has 1 aliphatic carbocycles. The van der Waals surface area contributed by atoms with Gasteiger partial charge in [0.05, 0.1) is 42.7 Å². The van der Waals surface area contributed by atoms with Gasteiger partial charge in [0.2, 0.25) is 5.91 Å². The third-order valence-electron chi connectivity index (χ3n) is 11.9. The molecular weight excluding hydrogens is 701 g/mol. The Bertz CT molecular complexity index is 1810. The molecule has 3 aromatic carbocycles. The topological polar surface area (TPSA) is 60.1 Å². The molecule has 0 bridgehead atoms. The van der Waals surface area contributed by atoms with E-state index >= 15 is 0 Å². The number of nitrogens with zero attached hydrogens (tertiary/aromatic N) is 3. The minimum atomic E-state index is -2.71. The molecule has 0 saturated carbocycles. The fourth-order valence-electron chi connectivity index (χ4n) is 9.32. The average Bonchev–Trinajstić information content (AvgIpc) is 3.58. The standard InChI is InChI=1S/C39H44F5N5O2.ClH/c1-47-12-13-51-36(22-47)34(15-24-2-6-31(41)32(42)14-24)46-37(50)16-25-19-38(30-17-26(40)3-5-29(25)30)8-10-48(11-9-38)27-4-7-33-35(18-27)49-23-39(43,44)20-28(49)21-45-33;/h2-7,14,17-18,25,28,34,36,45H,8-13,15-16,19-23H2,1H3,(H,46,50);1H/t25-,28+,34?,36?;/m1./s1. The molecule has 3 aromatic rings. The average molecular weight is 746 g/mol. The summed E-state index contributed by atoms with van der Waals surface area (Å²) in [7, 11) is 1.98. The molecule has 280 valence electrons. The molecule has 52 heavy (non-hydrogen) atoms. The van der Waals surface area contributed by atoms with E-state index in [1.165, 1.54) is 18.2 Å². The summed E-state index contributed by atoms with van der Waals surface area (Å²) in [6.45, 7) is 3.51. The Hall–Kier alpha value is -3.61. The number of ether oxygens (including phenoxy) is 1. The van der Waals surface area contributed by atoms with Crippen LogP contribution in [0.25, 0.3) is 0 Å². The van der Waals surface area contributed by atoms with E-state index in [-0.39, 0.29) is 73.4 Å². The van der Waals surface area contributed by atoms with E-state index in [2.05, 4.69) is 20.4 Å². The molecule has 3 saturated heterocycles. The summed E-state index contributed by atoms with van der Waals surface area (Å²) in [5, 5.41) is 6.51. The van der Waals surface area contributed by atoms with Gasteiger partial charge in [-0.1, -0.05) is 12.1 Å². The molecule has 4 aliphatic heterocycles. The van der Waals surface area contributed by atoms with Crippen LogP contribution in [0.15, 0.2) is 54.6 Å². The summed E-state index contributed by atoms with van der Waals surface area (Å²) < 4.78 is 77.3. The van der Waals surface area contributed by atoms with E-state index in [1.54, 1.807) is 6.07 Å². The minimum absolute atomic E-state index is 0. The van der Waals surface area contributed by atoms with Crippen molar-refractivity contribution < 1.29 is 31.5 Å². The molecule has 7 nitrogen and oxygen atoms in total. The van der Waals surface area contributed by atoms with E-state index in [1.807, 2.05) is 36.2 Å². The summed E-state index contributed by atoms with van der Waals surface area (Å²) >= 11 is 0. The molecular formula is C39H45ClF5N5O2. The van der Waals surface area contributed by atoms with Crippen LogP contribution < -0.4 is 20.4 Å². The minimum Gasteiger partial charge on any atom is -0.381 e. The Morgan fingerprint density at radius 2 is 1.81 bits per heavy atom. The van der Waals surface area contributed by atoms with Gasteiger partial charge in [0.25, 0.3) is 5.92 Å². The summed E-state index contributed by atoms with van der Waals surface area (Å²) in [6, 6.07) is 14.1. The molecule has 3 fully saturated rings. The van der Waals surface area contributed by atoms with E-state index < -0.39 is 23.6 Å². The Morgan fingerprint density at radius 1 is 1.00 bits per heavy atom. The fourth-order valence-corrected chi connectivity index (χ4v) is 9.32. The first-order valence-corrected chi connectivity index (χ1v) is 18.1. The second kappa shape index (κ2) is 14.3. The lowest BCUT2D eigenvalue weighted by atomic mass is 9.73. The number of hydrogen-bond acceptors (Lipinski definition) is 6. The largest absolute Gasteiger partial charge is 0.381 e. The van der Waals surface area contributed by atoms with Crippen molar-refractivity contribution in [3.8, 4) is 0 Å².